The highest BCUT2D eigenvalue weighted by Crippen LogP contribution is 2.16. The summed E-state index contributed by atoms with van der Waals surface area (Å²) in [5, 5.41) is 11.3. The summed E-state index contributed by atoms with van der Waals surface area (Å²) in [7, 11) is -3.73. The number of hydrogen-bond donors (Lipinski definition) is 3. The predicted molar refractivity (Wildman–Crippen MR) is 91.1 cm³/mol. The van der Waals surface area contributed by atoms with E-state index in [1.807, 2.05) is 30.3 Å². The van der Waals surface area contributed by atoms with Crippen LogP contribution in [0, 0.1) is 6.92 Å². The normalized spacial score (nSPS) is 11.2. The number of aliphatic hydroxyl groups excluding tert-OH is 1. The fourth-order valence-electron chi connectivity index (χ4n) is 2.14. The molecule has 0 aliphatic carbocycles. The molecule has 0 saturated heterocycles. The number of hydrogen-bond acceptors (Lipinski definition) is 4. The van der Waals surface area contributed by atoms with Gasteiger partial charge in [-0.05, 0) is 30.2 Å². The Hall–Kier alpha value is -2.22. The van der Waals surface area contributed by atoms with E-state index in [-0.39, 0.29) is 30.2 Å². The van der Waals surface area contributed by atoms with Crippen LogP contribution in [-0.2, 0) is 16.6 Å². The molecule has 0 saturated carbocycles. The molecule has 2 aromatic rings. The molecule has 3 N–H and O–H groups in total. The molecular weight excluding hydrogens is 328 g/mol. The molecule has 0 heterocycles. The van der Waals surface area contributed by atoms with Crippen molar-refractivity contribution in [1.29, 1.82) is 0 Å². The summed E-state index contributed by atoms with van der Waals surface area (Å²) in [6, 6.07) is 13.6. The molecule has 128 valence electrons. The summed E-state index contributed by atoms with van der Waals surface area (Å²) in [6.07, 6.45) is 0. The highest BCUT2D eigenvalue weighted by atomic mass is 32.2. The lowest BCUT2D eigenvalue weighted by Gasteiger charge is -2.11. The molecule has 2 rings (SSSR count). The van der Waals surface area contributed by atoms with Crippen molar-refractivity contribution in [3.8, 4) is 0 Å². The zero-order valence-electron chi connectivity index (χ0n) is 13.3. The lowest BCUT2D eigenvalue weighted by molar-refractivity contribution is 0.0944. The summed E-state index contributed by atoms with van der Waals surface area (Å²) in [5.74, 6) is -0.415. The zero-order valence-corrected chi connectivity index (χ0v) is 14.1. The molecule has 6 nitrogen and oxygen atoms in total. The van der Waals surface area contributed by atoms with Crippen LogP contribution >= 0.6 is 0 Å². The monoisotopic (exact) mass is 348 g/mol. The van der Waals surface area contributed by atoms with E-state index >= 15 is 0 Å². The molecule has 1 amide bonds. The first kappa shape index (κ1) is 18.1. The van der Waals surface area contributed by atoms with Crippen LogP contribution < -0.4 is 10.0 Å². The lowest BCUT2D eigenvalue weighted by Crippen LogP contribution is -2.28. The van der Waals surface area contributed by atoms with Gasteiger partial charge >= 0.3 is 0 Å². The quantitative estimate of drug-likeness (QED) is 0.700. The molecule has 0 aliphatic rings. The third kappa shape index (κ3) is 4.64. The van der Waals surface area contributed by atoms with E-state index < -0.39 is 15.9 Å². The van der Waals surface area contributed by atoms with Crippen molar-refractivity contribution >= 4 is 15.9 Å². The molecule has 0 radical (unpaired) electrons. The van der Waals surface area contributed by atoms with Crippen LogP contribution in [0.2, 0.25) is 0 Å². The van der Waals surface area contributed by atoms with Gasteiger partial charge in [-0.15, -0.1) is 0 Å². The number of sulfonamides is 1. The number of rotatable bonds is 7. The van der Waals surface area contributed by atoms with Gasteiger partial charge in [0.25, 0.3) is 5.91 Å². The van der Waals surface area contributed by atoms with E-state index in [0.29, 0.717) is 5.56 Å². The van der Waals surface area contributed by atoms with Crippen LogP contribution in [0.25, 0.3) is 0 Å². The summed E-state index contributed by atoms with van der Waals surface area (Å²) < 4.78 is 27.4. The number of benzene rings is 2. The van der Waals surface area contributed by atoms with Crippen LogP contribution in [0.5, 0.6) is 0 Å². The Bertz CT molecular complexity index is 805. The van der Waals surface area contributed by atoms with Gasteiger partial charge in [-0.1, -0.05) is 36.4 Å². The van der Waals surface area contributed by atoms with Crippen LogP contribution in [0.4, 0.5) is 0 Å². The molecule has 0 aliphatic heterocycles. The number of amides is 1. The van der Waals surface area contributed by atoms with Crippen molar-refractivity contribution in [2.24, 2.45) is 0 Å². The highest BCUT2D eigenvalue weighted by Gasteiger charge is 2.17. The minimum atomic E-state index is -3.73. The van der Waals surface area contributed by atoms with Crippen molar-refractivity contribution in [3.05, 3.63) is 65.2 Å². The van der Waals surface area contributed by atoms with E-state index in [1.54, 1.807) is 13.0 Å². The zero-order chi connectivity index (χ0) is 17.6. The van der Waals surface area contributed by atoms with Crippen LogP contribution in [-0.4, -0.2) is 32.6 Å². The van der Waals surface area contributed by atoms with Crippen molar-refractivity contribution in [3.63, 3.8) is 0 Å². The van der Waals surface area contributed by atoms with Crippen molar-refractivity contribution in [2.45, 2.75) is 18.4 Å². The highest BCUT2D eigenvalue weighted by molar-refractivity contribution is 7.89. The summed E-state index contributed by atoms with van der Waals surface area (Å²) in [4.78, 5) is 12.1. The number of carbonyl (C=O) groups excluding carboxylic acids is 1. The maximum atomic E-state index is 12.4. The van der Waals surface area contributed by atoms with Gasteiger partial charge < -0.3 is 10.4 Å². The van der Waals surface area contributed by atoms with E-state index in [2.05, 4.69) is 10.0 Å². The first-order chi connectivity index (χ1) is 11.4. The first-order valence-electron chi connectivity index (χ1n) is 7.47. The van der Waals surface area contributed by atoms with E-state index in [1.165, 1.54) is 12.1 Å². The fraction of sp³-hybridized carbons (Fsp3) is 0.235. The first-order valence-corrected chi connectivity index (χ1v) is 8.95. The Morgan fingerprint density at radius 1 is 1.12 bits per heavy atom. The topological polar surface area (TPSA) is 95.5 Å². The Morgan fingerprint density at radius 2 is 1.83 bits per heavy atom. The molecule has 0 bridgehead atoms. The minimum absolute atomic E-state index is 0.0261. The Balaban J connectivity index is 2.19. The van der Waals surface area contributed by atoms with Crippen molar-refractivity contribution in [2.75, 3.05) is 13.2 Å². The molecule has 7 heteroatoms. The Labute approximate surface area is 141 Å². The second-order valence-electron chi connectivity index (χ2n) is 5.27. The summed E-state index contributed by atoms with van der Waals surface area (Å²) >= 11 is 0. The van der Waals surface area contributed by atoms with Crippen molar-refractivity contribution in [1.82, 2.24) is 10.0 Å². The van der Waals surface area contributed by atoms with Gasteiger partial charge in [-0.2, -0.15) is 0 Å². The Kier molecular flexibility index (Phi) is 6.08. The fourth-order valence-corrected chi connectivity index (χ4v) is 3.18. The van der Waals surface area contributed by atoms with Crippen LogP contribution in [0.1, 0.15) is 21.5 Å². The van der Waals surface area contributed by atoms with Gasteiger partial charge in [0.15, 0.2) is 0 Å². The molecule has 24 heavy (non-hydrogen) atoms. The number of aryl methyl sites for hydroxylation is 1. The summed E-state index contributed by atoms with van der Waals surface area (Å²) in [6.45, 7) is 1.83. The van der Waals surface area contributed by atoms with Gasteiger partial charge in [0.1, 0.15) is 0 Å². The largest absolute Gasteiger partial charge is 0.395 e. The molecule has 0 atom stereocenters. The average molecular weight is 348 g/mol. The van der Waals surface area contributed by atoms with Gasteiger partial charge in [0.05, 0.1) is 11.5 Å². The second-order valence-corrected chi connectivity index (χ2v) is 7.03. The molecule has 0 spiro atoms. The SMILES string of the molecule is Cc1ccc(S(=O)(=O)NCc2ccccc2)cc1C(=O)NCCO. The lowest BCUT2D eigenvalue weighted by atomic mass is 10.1. The third-order valence-electron chi connectivity index (χ3n) is 3.47. The van der Waals surface area contributed by atoms with Gasteiger partial charge in [0, 0.05) is 18.7 Å². The number of nitrogens with one attached hydrogen (secondary N) is 2. The maximum absolute atomic E-state index is 12.4. The molecule has 0 unspecified atom stereocenters. The average Bonchev–Trinajstić information content (AvgIpc) is 2.59. The third-order valence-corrected chi connectivity index (χ3v) is 4.87. The van der Waals surface area contributed by atoms with E-state index in [4.69, 9.17) is 5.11 Å². The standard InChI is InChI=1S/C17H20N2O4S/c1-13-7-8-15(11-16(13)17(21)18-9-10-20)24(22,23)19-12-14-5-3-2-4-6-14/h2-8,11,19-20H,9-10,12H2,1H3,(H,18,21). The second kappa shape index (κ2) is 8.05. The van der Waals surface area contributed by atoms with E-state index in [9.17, 15) is 13.2 Å². The van der Waals surface area contributed by atoms with Gasteiger partial charge in [-0.25, -0.2) is 13.1 Å². The molecule has 2 aromatic carbocycles. The number of aliphatic hydroxyl groups is 1. The maximum Gasteiger partial charge on any atom is 0.251 e. The molecule has 0 aromatic heterocycles. The van der Waals surface area contributed by atoms with Gasteiger partial charge in [-0.3, -0.25) is 4.79 Å². The van der Waals surface area contributed by atoms with E-state index in [0.717, 1.165) is 5.56 Å². The molecular formula is C17H20N2O4S. The van der Waals surface area contributed by atoms with Crippen LogP contribution in [0.3, 0.4) is 0 Å². The van der Waals surface area contributed by atoms with Crippen molar-refractivity contribution < 1.29 is 18.3 Å². The predicted octanol–water partition coefficient (Wildman–Crippen LogP) is 1.20. The summed E-state index contributed by atoms with van der Waals surface area (Å²) in [5.41, 5.74) is 1.77. The smallest absolute Gasteiger partial charge is 0.251 e. The van der Waals surface area contributed by atoms with Crippen LogP contribution in [0.15, 0.2) is 53.4 Å². The Morgan fingerprint density at radius 3 is 2.50 bits per heavy atom. The molecule has 0 fully saturated rings. The minimum Gasteiger partial charge on any atom is -0.395 e. The van der Waals surface area contributed by atoms with Gasteiger partial charge in [0.2, 0.25) is 10.0 Å². The number of carbonyl (C=O) groups is 1.